The Hall–Kier alpha value is -3.92. The number of ether oxygens (including phenoxy) is 1. The molecule has 2 aromatic rings. The lowest BCUT2D eigenvalue weighted by Crippen LogP contribution is -2.54. The molecule has 0 radical (unpaired) electrons. The molecule has 0 aromatic heterocycles. The largest absolute Gasteiger partial charge is 0.444 e. The van der Waals surface area contributed by atoms with Gasteiger partial charge in [-0.05, 0) is 70.0 Å². The van der Waals surface area contributed by atoms with Crippen LogP contribution in [0.4, 0.5) is 4.79 Å². The number of hydrogen-bond donors (Lipinski definition) is 3. The van der Waals surface area contributed by atoms with Gasteiger partial charge in [0.15, 0.2) is 0 Å². The van der Waals surface area contributed by atoms with Crippen LogP contribution in [0.2, 0.25) is 5.02 Å². The van der Waals surface area contributed by atoms with Gasteiger partial charge in [0.05, 0.1) is 11.1 Å². The zero-order valence-corrected chi connectivity index (χ0v) is 20.8. The van der Waals surface area contributed by atoms with Gasteiger partial charge in [0.25, 0.3) is 23.6 Å². The van der Waals surface area contributed by atoms with Gasteiger partial charge < -0.3 is 10.1 Å². The van der Waals surface area contributed by atoms with Crippen LogP contribution in [0.1, 0.15) is 64.7 Å². The fourth-order valence-corrected chi connectivity index (χ4v) is 3.67. The number of amides is 5. The van der Waals surface area contributed by atoms with Crippen molar-refractivity contribution in [2.45, 2.75) is 45.3 Å². The number of imide groups is 1. The molecular formula is C25H27ClN4O6. The van der Waals surface area contributed by atoms with Crippen molar-refractivity contribution >= 4 is 41.3 Å². The van der Waals surface area contributed by atoms with Crippen molar-refractivity contribution in [2.24, 2.45) is 0 Å². The van der Waals surface area contributed by atoms with E-state index in [9.17, 15) is 24.0 Å². The number of nitrogens with zero attached hydrogens (tertiary/aromatic N) is 1. The standard InChI is InChI=1S/C25H27ClN4O6/c1-25(2,3)36-24(35)27-14-6-9-19(30-22(33)17-7-4-5-8-18(17)23(30)34)21(32)29-28-20(31)15-10-12-16(26)13-11-15/h4-5,7-8,10-13,19H,6,9,14H2,1-3H3,(H,27,35)(H,28,31)(H,29,32)/t19-/m0/s1. The highest BCUT2D eigenvalue weighted by Crippen LogP contribution is 2.26. The molecule has 0 unspecified atom stereocenters. The first-order valence-electron chi connectivity index (χ1n) is 11.3. The van der Waals surface area contributed by atoms with Gasteiger partial charge in [-0.2, -0.15) is 0 Å². The van der Waals surface area contributed by atoms with Crippen LogP contribution in [0.15, 0.2) is 48.5 Å². The van der Waals surface area contributed by atoms with E-state index >= 15 is 0 Å². The highest BCUT2D eigenvalue weighted by molar-refractivity contribution is 6.30. The summed E-state index contributed by atoms with van der Waals surface area (Å²) >= 11 is 5.83. The van der Waals surface area contributed by atoms with E-state index in [4.69, 9.17) is 16.3 Å². The molecule has 0 spiro atoms. The Morgan fingerprint density at radius 1 is 0.944 bits per heavy atom. The molecule has 0 saturated carbocycles. The Balaban J connectivity index is 1.69. The van der Waals surface area contributed by atoms with Crippen LogP contribution < -0.4 is 16.2 Å². The number of hydrazine groups is 1. The summed E-state index contributed by atoms with van der Waals surface area (Å²) in [5.41, 5.74) is 4.54. The zero-order chi connectivity index (χ0) is 26.5. The molecule has 1 heterocycles. The van der Waals surface area contributed by atoms with Crippen molar-refractivity contribution in [1.82, 2.24) is 21.1 Å². The summed E-state index contributed by atoms with van der Waals surface area (Å²) in [7, 11) is 0. The number of carbonyl (C=O) groups excluding carboxylic acids is 5. The van der Waals surface area contributed by atoms with E-state index in [1.54, 1.807) is 32.9 Å². The first-order valence-corrected chi connectivity index (χ1v) is 11.7. The summed E-state index contributed by atoms with van der Waals surface area (Å²) in [6.45, 7) is 5.33. The van der Waals surface area contributed by atoms with Gasteiger partial charge in [-0.15, -0.1) is 0 Å². The van der Waals surface area contributed by atoms with Crippen LogP contribution in [0.25, 0.3) is 0 Å². The third kappa shape index (κ3) is 6.60. The number of nitrogens with one attached hydrogen (secondary N) is 3. The Bertz CT molecular complexity index is 1140. The van der Waals surface area contributed by atoms with E-state index in [0.717, 1.165) is 4.90 Å². The summed E-state index contributed by atoms with van der Waals surface area (Å²) in [6.07, 6.45) is -0.348. The molecule has 0 fully saturated rings. The first-order chi connectivity index (χ1) is 17.0. The van der Waals surface area contributed by atoms with E-state index in [-0.39, 0.29) is 36.1 Å². The maximum absolute atomic E-state index is 13.1. The van der Waals surface area contributed by atoms with E-state index in [1.165, 1.54) is 36.4 Å². The number of hydrogen-bond acceptors (Lipinski definition) is 6. The normalized spacial score (nSPS) is 13.6. The Morgan fingerprint density at radius 3 is 2.08 bits per heavy atom. The van der Waals surface area contributed by atoms with Gasteiger partial charge in [0.2, 0.25) is 0 Å². The summed E-state index contributed by atoms with van der Waals surface area (Å²) in [5, 5.41) is 3.02. The molecule has 190 valence electrons. The van der Waals surface area contributed by atoms with E-state index in [2.05, 4.69) is 16.2 Å². The average Bonchev–Trinajstić information content (AvgIpc) is 3.07. The van der Waals surface area contributed by atoms with Crippen molar-refractivity contribution < 1.29 is 28.7 Å². The van der Waals surface area contributed by atoms with E-state index in [1.807, 2.05) is 0 Å². The van der Waals surface area contributed by atoms with Gasteiger partial charge in [-0.1, -0.05) is 23.7 Å². The van der Waals surface area contributed by atoms with Crippen molar-refractivity contribution in [3.8, 4) is 0 Å². The van der Waals surface area contributed by atoms with Crippen molar-refractivity contribution in [3.05, 3.63) is 70.2 Å². The number of alkyl carbamates (subject to hydrolysis) is 1. The second kappa shape index (κ2) is 11.2. The second-order valence-corrected chi connectivity index (χ2v) is 9.50. The molecule has 11 heteroatoms. The van der Waals surface area contributed by atoms with Gasteiger partial charge >= 0.3 is 6.09 Å². The molecule has 1 aliphatic heterocycles. The fraction of sp³-hybridized carbons (Fsp3) is 0.320. The Kier molecular flexibility index (Phi) is 8.31. The SMILES string of the molecule is CC(C)(C)OC(=O)NCCC[C@@H](C(=O)NNC(=O)c1ccc(Cl)cc1)N1C(=O)c2ccccc2C1=O. The van der Waals surface area contributed by atoms with Crippen LogP contribution in [0.5, 0.6) is 0 Å². The van der Waals surface area contributed by atoms with Crippen molar-refractivity contribution in [2.75, 3.05) is 6.54 Å². The van der Waals surface area contributed by atoms with E-state index < -0.39 is 41.4 Å². The minimum atomic E-state index is -1.23. The monoisotopic (exact) mass is 514 g/mol. The number of benzene rings is 2. The highest BCUT2D eigenvalue weighted by atomic mass is 35.5. The smallest absolute Gasteiger partial charge is 0.407 e. The van der Waals surface area contributed by atoms with Gasteiger partial charge in [0.1, 0.15) is 11.6 Å². The first kappa shape index (κ1) is 26.7. The minimum Gasteiger partial charge on any atom is -0.444 e. The van der Waals surface area contributed by atoms with Crippen LogP contribution in [-0.4, -0.2) is 52.8 Å². The molecule has 0 bridgehead atoms. The molecule has 1 atom stereocenters. The predicted octanol–water partition coefficient (Wildman–Crippen LogP) is 3.07. The van der Waals surface area contributed by atoms with Crippen LogP contribution in [-0.2, 0) is 9.53 Å². The fourth-order valence-electron chi connectivity index (χ4n) is 3.54. The highest BCUT2D eigenvalue weighted by Gasteiger charge is 2.42. The second-order valence-electron chi connectivity index (χ2n) is 9.06. The molecule has 0 saturated heterocycles. The Labute approximate surface area is 213 Å². The number of carbonyl (C=O) groups is 5. The van der Waals surface area contributed by atoms with Gasteiger partial charge in [-0.25, -0.2) is 4.79 Å². The molecular weight excluding hydrogens is 488 g/mol. The maximum Gasteiger partial charge on any atom is 0.407 e. The number of halogens is 1. The molecule has 36 heavy (non-hydrogen) atoms. The molecule has 3 N–H and O–H groups in total. The quantitative estimate of drug-likeness (QED) is 0.295. The topological polar surface area (TPSA) is 134 Å². The van der Waals surface area contributed by atoms with Crippen molar-refractivity contribution in [1.29, 1.82) is 0 Å². The Morgan fingerprint density at radius 2 is 1.53 bits per heavy atom. The zero-order valence-electron chi connectivity index (χ0n) is 20.1. The predicted molar refractivity (Wildman–Crippen MR) is 131 cm³/mol. The summed E-state index contributed by atoms with van der Waals surface area (Å²) in [5.74, 6) is -2.59. The molecule has 2 aromatic carbocycles. The molecule has 1 aliphatic rings. The molecule has 5 amide bonds. The third-order valence-electron chi connectivity index (χ3n) is 5.17. The van der Waals surface area contributed by atoms with Crippen LogP contribution >= 0.6 is 11.6 Å². The van der Waals surface area contributed by atoms with Crippen LogP contribution in [0, 0.1) is 0 Å². The summed E-state index contributed by atoms with van der Waals surface area (Å²) < 4.78 is 5.18. The van der Waals surface area contributed by atoms with Gasteiger partial charge in [0, 0.05) is 17.1 Å². The molecule has 3 rings (SSSR count). The average molecular weight is 515 g/mol. The lowest BCUT2D eigenvalue weighted by molar-refractivity contribution is -0.126. The van der Waals surface area contributed by atoms with Crippen molar-refractivity contribution in [3.63, 3.8) is 0 Å². The summed E-state index contributed by atoms with van der Waals surface area (Å²) in [4.78, 5) is 64.2. The van der Waals surface area contributed by atoms with E-state index in [0.29, 0.717) is 5.02 Å². The number of fused-ring (bicyclic) bond motifs is 1. The van der Waals surface area contributed by atoms with Gasteiger partial charge in [-0.3, -0.25) is 34.9 Å². The molecule has 0 aliphatic carbocycles. The molecule has 10 nitrogen and oxygen atoms in total. The summed E-state index contributed by atoms with van der Waals surface area (Å²) in [6, 6.07) is 11.0. The maximum atomic E-state index is 13.1. The minimum absolute atomic E-state index is 0.0317. The number of rotatable bonds is 7. The lowest BCUT2D eigenvalue weighted by Gasteiger charge is -2.25. The third-order valence-corrected chi connectivity index (χ3v) is 5.42. The lowest BCUT2D eigenvalue weighted by atomic mass is 10.1. The van der Waals surface area contributed by atoms with Crippen LogP contribution in [0.3, 0.4) is 0 Å².